The summed E-state index contributed by atoms with van der Waals surface area (Å²) < 4.78 is 38.3. The van der Waals surface area contributed by atoms with Crippen molar-refractivity contribution in [1.29, 1.82) is 0 Å². The van der Waals surface area contributed by atoms with Gasteiger partial charge in [0.05, 0.1) is 11.1 Å². The van der Waals surface area contributed by atoms with E-state index in [1.807, 2.05) is 11.8 Å². The average Bonchev–Trinajstić information content (AvgIpc) is 3.19. The quantitative estimate of drug-likeness (QED) is 0.919. The number of hydrogen-bond acceptors (Lipinski definition) is 2. The molecule has 1 aliphatic rings. The number of benzene rings is 1. The van der Waals surface area contributed by atoms with Crippen molar-refractivity contribution in [1.82, 2.24) is 0 Å². The van der Waals surface area contributed by atoms with Crippen LogP contribution in [0.3, 0.4) is 0 Å². The Morgan fingerprint density at radius 3 is 2.45 bits per heavy atom. The van der Waals surface area contributed by atoms with Crippen LogP contribution < -0.4 is 4.90 Å². The zero-order valence-corrected chi connectivity index (χ0v) is 11.2. The molecule has 3 nitrogen and oxygen atoms in total. The molecule has 1 N–H and O–H groups in total. The minimum Gasteiger partial charge on any atom is -0.478 e. The van der Waals surface area contributed by atoms with Crippen LogP contribution in [0.4, 0.5) is 18.9 Å². The van der Waals surface area contributed by atoms with Crippen molar-refractivity contribution in [3.8, 4) is 0 Å². The van der Waals surface area contributed by atoms with E-state index in [4.69, 9.17) is 5.11 Å². The molecule has 6 heteroatoms. The van der Waals surface area contributed by atoms with Gasteiger partial charge in [0.1, 0.15) is 0 Å². The van der Waals surface area contributed by atoms with Crippen molar-refractivity contribution < 1.29 is 23.1 Å². The second-order valence-electron chi connectivity index (χ2n) is 5.22. The molecule has 1 unspecified atom stereocenters. The van der Waals surface area contributed by atoms with Crippen LogP contribution in [-0.4, -0.2) is 24.2 Å². The van der Waals surface area contributed by atoms with Crippen LogP contribution in [0.1, 0.15) is 35.7 Å². The summed E-state index contributed by atoms with van der Waals surface area (Å²) in [6.07, 6.45) is -2.44. The maximum Gasteiger partial charge on any atom is 0.417 e. The summed E-state index contributed by atoms with van der Waals surface area (Å²) >= 11 is 0. The van der Waals surface area contributed by atoms with E-state index in [1.165, 1.54) is 6.07 Å². The van der Waals surface area contributed by atoms with Crippen molar-refractivity contribution in [2.24, 2.45) is 5.92 Å². The third-order valence-corrected chi connectivity index (χ3v) is 3.86. The molecule has 2 rings (SSSR count). The minimum absolute atomic E-state index is 0.188. The van der Waals surface area contributed by atoms with Crippen molar-refractivity contribution >= 4 is 11.7 Å². The molecule has 1 aliphatic carbocycles. The van der Waals surface area contributed by atoms with Crippen LogP contribution >= 0.6 is 0 Å². The SMILES string of the molecule is CC(C1CC1)N(C)c1ccc(C(F)(F)F)c(C(=O)O)c1. The molecule has 1 fully saturated rings. The highest BCUT2D eigenvalue weighted by Crippen LogP contribution is 2.38. The number of rotatable bonds is 4. The molecular weight excluding hydrogens is 271 g/mol. The fraction of sp³-hybridized carbons (Fsp3) is 0.500. The lowest BCUT2D eigenvalue weighted by atomic mass is 10.0. The Labute approximate surface area is 115 Å². The maximum atomic E-state index is 12.8. The van der Waals surface area contributed by atoms with Gasteiger partial charge < -0.3 is 10.0 Å². The Balaban J connectivity index is 2.37. The average molecular weight is 287 g/mol. The lowest BCUT2D eigenvalue weighted by Gasteiger charge is -2.27. The predicted octanol–water partition coefficient (Wildman–Crippen LogP) is 3.64. The molecule has 20 heavy (non-hydrogen) atoms. The Morgan fingerprint density at radius 1 is 1.40 bits per heavy atom. The number of carbonyl (C=O) groups is 1. The third-order valence-electron chi connectivity index (χ3n) is 3.86. The van der Waals surface area contributed by atoms with Crippen molar-refractivity contribution in [2.75, 3.05) is 11.9 Å². The summed E-state index contributed by atoms with van der Waals surface area (Å²) in [5.74, 6) is -1.03. The maximum absolute atomic E-state index is 12.8. The fourth-order valence-corrected chi connectivity index (χ4v) is 2.31. The van der Waals surface area contributed by atoms with Crippen molar-refractivity contribution in [3.63, 3.8) is 0 Å². The third kappa shape index (κ3) is 2.89. The zero-order valence-electron chi connectivity index (χ0n) is 11.2. The fourth-order valence-electron chi connectivity index (χ4n) is 2.31. The van der Waals surface area contributed by atoms with E-state index in [1.54, 1.807) is 7.05 Å². The van der Waals surface area contributed by atoms with E-state index in [0.29, 0.717) is 11.6 Å². The minimum atomic E-state index is -4.66. The number of aromatic carboxylic acids is 1. The van der Waals surface area contributed by atoms with E-state index < -0.39 is 23.3 Å². The van der Waals surface area contributed by atoms with Gasteiger partial charge in [-0.25, -0.2) is 4.79 Å². The normalized spacial score (nSPS) is 16.9. The smallest absolute Gasteiger partial charge is 0.417 e. The summed E-state index contributed by atoms with van der Waals surface area (Å²) in [7, 11) is 1.78. The van der Waals surface area contributed by atoms with Crippen LogP contribution in [0, 0.1) is 5.92 Å². The molecule has 1 atom stereocenters. The van der Waals surface area contributed by atoms with Crippen LogP contribution in [0.5, 0.6) is 0 Å². The lowest BCUT2D eigenvalue weighted by Crippen LogP contribution is -2.30. The number of anilines is 1. The van der Waals surface area contributed by atoms with Gasteiger partial charge in [-0.15, -0.1) is 0 Å². The molecule has 0 heterocycles. The first-order valence-corrected chi connectivity index (χ1v) is 6.39. The van der Waals surface area contributed by atoms with Gasteiger partial charge in [0, 0.05) is 18.8 Å². The van der Waals surface area contributed by atoms with E-state index >= 15 is 0 Å². The highest BCUT2D eigenvalue weighted by Gasteiger charge is 2.36. The highest BCUT2D eigenvalue weighted by atomic mass is 19.4. The van der Waals surface area contributed by atoms with E-state index in [-0.39, 0.29) is 6.04 Å². The summed E-state index contributed by atoms with van der Waals surface area (Å²) in [4.78, 5) is 12.9. The van der Waals surface area contributed by atoms with Gasteiger partial charge in [-0.3, -0.25) is 0 Å². The molecule has 0 saturated heterocycles. The number of alkyl halides is 3. The van der Waals surface area contributed by atoms with Gasteiger partial charge in [0.25, 0.3) is 0 Å². The molecule has 0 spiro atoms. The van der Waals surface area contributed by atoms with Gasteiger partial charge in [-0.1, -0.05) is 0 Å². The second kappa shape index (κ2) is 5.00. The second-order valence-corrected chi connectivity index (χ2v) is 5.22. The van der Waals surface area contributed by atoms with Crippen LogP contribution in [0.25, 0.3) is 0 Å². The summed E-state index contributed by atoms with van der Waals surface area (Å²) in [6, 6.07) is 3.46. The first kappa shape index (κ1) is 14.7. The first-order valence-electron chi connectivity index (χ1n) is 6.39. The number of carboxylic acids is 1. The van der Waals surface area contributed by atoms with Crippen LogP contribution in [0.15, 0.2) is 18.2 Å². The summed E-state index contributed by atoms with van der Waals surface area (Å²) in [5.41, 5.74) is -1.32. The predicted molar refractivity (Wildman–Crippen MR) is 69.0 cm³/mol. The highest BCUT2D eigenvalue weighted by molar-refractivity contribution is 5.91. The summed E-state index contributed by atoms with van der Waals surface area (Å²) in [6.45, 7) is 2.00. The van der Waals surface area contributed by atoms with Gasteiger partial charge >= 0.3 is 12.1 Å². The molecular formula is C14H16F3NO2. The molecule has 1 aromatic carbocycles. The molecule has 1 saturated carbocycles. The van der Waals surface area contributed by atoms with Gasteiger partial charge in [0.2, 0.25) is 0 Å². The topological polar surface area (TPSA) is 40.5 Å². The van der Waals surface area contributed by atoms with Crippen molar-refractivity contribution in [3.05, 3.63) is 29.3 Å². The molecule has 0 aromatic heterocycles. The van der Waals surface area contributed by atoms with Crippen LogP contribution in [0.2, 0.25) is 0 Å². The Kier molecular flexibility index (Phi) is 3.67. The standard InChI is InChI=1S/C14H16F3NO2/c1-8(9-3-4-9)18(2)10-5-6-12(14(15,16)17)11(7-10)13(19)20/h5-9H,3-4H2,1-2H3,(H,19,20). The van der Waals surface area contributed by atoms with E-state index in [0.717, 1.165) is 25.0 Å². The summed E-state index contributed by atoms with van der Waals surface area (Å²) in [5, 5.41) is 8.98. The lowest BCUT2D eigenvalue weighted by molar-refractivity contribution is -0.138. The number of nitrogens with zero attached hydrogens (tertiary/aromatic N) is 1. The number of carboxylic acid groups (broad SMARTS) is 1. The molecule has 110 valence electrons. The largest absolute Gasteiger partial charge is 0.478 e. The van der Waals surface area contributed by atoms with Gasteiger partial charge in [0.15, 0.2) is 0 Å². The van der Waals surface area contributed by atoms with E-state index in [2.05, 4.69) is 0 Å². The van der Waals surface area contributed by atoms with E-state index in [9.17, 15) is 18.0 Å². The molecule has 1 aromatic rings. The molecule has 0 aliphatic heterocycles. The van der Waals surface area contributed by atoms with Gasteiger partial charge in [-0.05, 0) is 43.9 Å². The van der Waals surface area contributed by atoms with Gasteiger partial charge in [-0.2, -0.15) is 13.2 Å². The Morgan fingerprint density at radius 2 is 2.00 bits per heavy atom. The number of hydrogen-bond donors (Lipinski definition) is 1. The molecule has 0 radical (unpaired) electrons. The molecule has 0 amide bonds. The monoisotopic (exact) mass is 287 g/mol. The Bertz CT molecular complexity index is 524. The van der Waals surface area contributed by atoms with Crippen molar-refractivity contribution in [2.45, 2.75) is 32.0 Å². The first-order chi connectivity index (χ1) is 9.21. The molecule has 0 bridgehead atoms. The zero-order chi connectivity index (χ0) is 15.1. The number of halogens is 3. The van der Waals surface area contributed by atoms with Crippen LogP contribution in [-0.2, 0) is 6.18 Å². The Hall–Kier alpha value is -1.72.